The molecule has 100 valence electrons. The zero-order chi connectivity index (χ0) is 13.8. The molecule has 0 heterocycles. The molecule has 0 saturated heterocycles. The predicted molar refractivity (Wildman–Crippen MR) is 69.5 cm³/mol. The van der Waals surface area contributed by atoms with Crippen LogP contribution in [0.1, 0.15) is 24.2 Å². The van der Waals surface area contributed by atoms with Crippen molar-refractivity contribution < 1.29 is 19.3 Å². The summed E-state index contributed by atoms with van der Waals surface area (Å²) in [7, 11) is 0. The van der Waals surface area contributed by atoms with Gasteiger partial charge in [0.1, 0.15) is 5.75 Å². The van der Waals surface area contributed by atoms with Crippen LogP contribution in [-0.4, -0.2) is 10.2 Å². The van der Waals surface area contributed by atoms with E-state index in [0.29, 0.717) is 16.9 Å². The lowest BCUT2D eigenvalue weighted by atomic mass is 10.1. The number of hydrogen-bond donors (Lipinski definition) is 2. The van der Waals surface area contributed by atoms with Gasteiger partial charge in [0.05, 0.1) is 12.7 Å². The van der Waals surface area contributed by atoms with Crippen LogP contribution in [0.25, 0.3) is 0 Å². The molecule has 4 heteroatoms. The predicted octanol–water partition coefficient (Wildman–Crippen LogP) is 3.16. The van der Waals surface area contributed by atoms with E-state index in [0.717, 1.165) is 0 Å². The monoisotopic (exact) mass is 262 g/mol. The van der Waals surface area contributed by atoms with Crippen molar-refractivity contribution in [3.8, 4) is 11.5 Å². The van der Waals surface area contributed by atoms with Gasteiger partial charge in [-0.3, -0.25) is 0 Å². The van der Waals surface area contributed by atoms with Crippen LogP contribution in [0.2, 0.25) is 0 Å². The summed E-state index contributed by atoms with van der Waals surface area (Å²) in [4.78, 5) is 0. The van der Waals surface area contributed by atoms with E-state index in [1.165, 1.54) is 12.1 Å². The van der Waals surface area contributed by atoms with E-state index in [1.54, 1.807) is 37.3 Å². The summed E-state index contributed by atoms with van der Waals surface area (Å²) in [5.41, 5.74) is 1.19. The Morgan fingerprint density at radius 1 is 1.21 bits per heavy atom. The average molecular weight is 262 g/mol. The fourth-order valence-corrected chi connectivity index (χ4v) is 1.69. The van der Waals surface area contributed by atoms with Crippen molar-refractivity contribution in [1.82, 2.24) is 0 Å². The summed E-state index contributed by atoms with van der Waals surface area (Å²) in [6, 6.07) is 11.1. The molecule has 2 aromatic carbocycles. The first-order chi connectivity index (χ1) is 9.10. The Labute approximate surface area is 110 Å². The molecule has 1 unspecified atom stereocenters. The van der Waals surface area contributed by atoms with Crippen LogP contribution in [0.3, 0.4) is 0 Å². The Kier molecular flexibility index (Phi) is 4.14. The van der Waals surface area contributed by atoms with E-state index in [9.17, 15) is 9.50 Å². The van der Waals surface area contributed by atoms with Crippen LogP contribution in [0, 0.1) is 5.82 Å². The Hall–Kier alpha value is -1.91. The minimum absolute atomic E-state index is 0.0829. The molecule has 3 nitrogen and oxygen atoms in total. The normalized spacial score (nSPS) is 12.2. The van der Waals surface area contributed by atoms with Gasteiger partial charge in [0.15, 0.2) is 11.6 Å². The van der Waals surface area contributed by atoms with Crippen LogP contribution in [0.4, 0.5) is 4.39 Å². The Bertz CT molecular complexity index is 567. The molecule has 0 saturated carbocycles. The maximum atomic E-state index is 13.8. The van der Waals surface area contributed by atoms with Crippen LogP contribution in [-0.2, 0) is 6.61 Å². The summed E-state index contributed by atoms with van der Waals surface area (Å²) in [6.07, 6.45) is -0.721. The third kappa shape index (κ3) is 3.30. The van der Waals surface area contributed by atoms with Crippen LogP contribution >= 0.6 is 0 Å². The van der Waals surface area contributed by atoms with E-state index < -0.39 is 11.9 Å². The van der Waals surface area contributed by atoms with Crippen molar-refractivity contribution >= 4 is 0 Å². The number of aliphatic hydroxyl groups is 2. The van der Waals surface area contributed by atoms with Gasteiger partial charge in [-0.15, -0.1) is 0 Å². The summed E-state index contributed by atoms with van der Waals surface area (Å²) < 4.78 is 19.2. The summed E-state index contributed by atoms with van der Waals surface area (Å²) in [6.45, 7) is 1.47. The van der Waals surface area contributed by atoms with Gasteiger partial charge in [-0.25, -0.2) is 4.39 Å². The molecule has 0 bridgehead atoms. The van der Waals surface area contributed by atoms with E-state index in [1.807, 2.05) is 0 Å². The largest absolute Gasteiger partial charge is 0.454 e. The zero-order valence-corrected chi connectivity index (χ0v) is 10.5. The quantitative estimate of drug-likeness (QED) is 0.889. The highest BCUT2D eigenvalue weighted by Crippen LogP contribution is 2.27. The highest BCUT2D eigenvalue weighted by Gasteiger charge is 2.09. The van der Waals surface area contributed by atoms with Gasteiger partial charge < -0.3 is 14.9 Å². The summed E-state index contributed by atoms with van der Waals surface area (Å²) >= 11 is 0. The number of hydrogen-bond acceptors (Lipinski definition) is 3. The van der Waals surface area contributed by atoms with E-state index in [4.69, 9.17) is 9.84 Å². The maximum Gasteiger partial charge on any atom is 0.166 e. The second-order valence-electron chi connectivity index (χ2n) is 4.27. The smallest absolute Gasteiger partial charge is 0.166 e. The SMILES string of the molecule is CC(O)c1ccc(Oc2cccc(CO)c2)c(F)c1. The molecule has 0 radical (unpaired) electrons. The lowest BCUT2D eigenvalue weighted by molar-refractivity contribution is 0.198. The van der Waals surface area contributed by atoms with Crippen molar-refractivity contribution in [1.29, 1.82) is 0 Å². The minimum Gasteiger partial charge on any atom is -0.454 e. The van der Waals surface area contributed by atoms with Gasteiger partial charge in [0.25, 0.3) is 0 Å². The Balaban J connectivity index is 2.23. The van der Waals surface area contributed by atoms with Crippen molar-refractivity contribution in [2.45, 2.75) is 19.6 Å². The molecule has 0 spiro atoms. The number of halogens is 1. The molecule has 2 aromatic rings. The van der Waals surface area contributed by atoms with Gasteiger partial charge in [-0.05, 0) is 42.3 Å². The van der Waals surface area contributed by atoms with Crippen molar-refractivity contribution in [2.24, 2.45) is 0 Å². The van der Waals surface area contributed by atoms with E-state index >= 15 is 0 Å². The summed E-state index contributed by atoms with van der Waals surface area (Å²) in [5.74, 6) is 0.00235. The maximum absolute atomic E-state index is 13.8. The third-order valence-electron chi connectivity index (χ3n) is 2.75. The highest BCUT2D eigenvalue weighted by atomic mass is 19.1. The van der Waals surface area contributed by atoms with Crippen LogP contribution in [0.5, 0.6) is 11.5 Å². The first-order valence-electron chi connectivity index (χ1n) is 5.95. The lowest BCUT2D eigenvalue weighted by Crippen LogP contribution is -1.95. The third-order valence-corrected chi connectivity index (χ3v) is 2.75. The van der Waals surface area contributed by atoms with E-state index in [-0.39, 0.29) is 12.4 Å². The molecular formula is C15H15FO3. The second kappa shape index (κ2) is 5.82. The molecule has 0 aliphatic heterocycles. The molecule has 0 fully saturated rings. The minimum atomic E-state index is -0.721. The molecular weight excluding hydrogens is 247 g/mol. The van der Waals surface area contributed by atoms with Gasteiger partial charge in [-0.2, -0.15) is 0 Å². The van der Waals surface area contributed by atoms with Gasteiger partial charge in [-0.1, -0.05) is 18.2 Å². The number of aliphatic hydroxyl groups excluding tert-OH is 2. The molecule has 2 rings (SSSR count). The second-order valence-corrected chi connectivity index (χ2v) is 4.27. The van der Waals surface area contributed by atoms with Crippen LogP contribution in [0.15, 0.2) is 42.5 Å². The first kappa shape index (κ1) is 13.5. The molecule has 0 aliphatic carbocycles. The topological polar surface area (TPSA) is 49.7 Å². The molecule has 19 heavy (non-hydrogen) atoms. The fraction of sp³-hybridized carbons (Fsp3) is 0.200. The van der Waals surface area contributed by atoms with Crippen molar-refractivity contribution in [3.05, 3.63) is 59.4 Å². The average Bonchev–Trinajstić information content (AvgIpc) is 2.41. The Morgan fingerprint density at radius 3 is 2.63 bits per heavy atom. The molecule has 1 atom stereocenters. The molecule has 2 N–H and O–H groups in total. The molecule has 0 aromatic heterocycles. The standard InChI is InChI=1S/C15H15FO3/c1-10(18)12-5-6-15(14(16)8-12)19-13-4-2-3-11(7-13)9-17/h2-8,10,17-18H,9H2,1H3. The molecule has 0 aliphatic rings. The first-order valence-corrected chi connectivity index (χ1v) is 5.95. The summed E-state index contributed by atoms with van der Waals surface area (Å²) in [5, 5.41) is 18.4. The van der Waals surface area contributed by atoms with Gasteiger partial charge in [0.2, 0.25) is 0 Å². The fourth-order valence-electron chi connectivity index (χ4n) is 1.69. The van der Waals surface area contributed by atoms with E-state index in [2.05, 4.69) is 0 Å². The molecule has 0 amide bonds. The van der Waals surface area contributed by atoms with Gasteiger partial charge in [0, 0.05) is 0 Å². The zero-order valence-electron chi connectivity index (χ0n) is 10.5. The Morgan fingerprint density at radius 2 is 2.00 bits per heavy atom. The number of rotatable bonds is 4. The lowest BCUT2D eigenvalue weighted by Gasteiger charge is -2.10. The van der Waals surface area contributed by atoms with Gasteiger partial charge >= 0.3 is 0 Å². The van der Waals surface area contributed by atoms with Crippen molar-refractivity contribution in [2.75, 3.05) is 0 Å². The number of benzene rings is 2. The number of ether oxygens (including phenoxy) is 1. The van der Waals surface area contributed by atoms with Crippen molar-refractivity contribution in [3.63, 3.8) is 0 Å². The highest BCUT2D eigenvalue weighted by molar-refractivity contribution is 5.36. The van der Waals surface area contributed by atoms with Crippen LogP contribution < -0.4 is 4.74 Å².